The van der Waals surface area contributed by atoms with Crippen molar-refractivity contribution in [1.29, 1.82) is 0 Å². The fourth-order valence-electron chi connectivity index (χ4n) is 2.12. The van der Waals surface area contributed by atoms with E-state index < -0.39 is 5.97 Å². The Morgan fingerprint density at radius 2 is 1.70 bits per heavy atom. The summed E-state index contributed by atoms with van der Waals surface area (Å²) in [7, 11) is 1.55. The van der Waals surface area contributed by atoms with Gasteiger partial charge in [0.2, 0.25) is 0 Å². The molecule has 2 N–H and O–H groups in total. The average molecular weight is 451 g/mol. The number of benzene rings is 2. The summed E-state index contributed by atoms with van der Waals surface area (Å²) < 4.78 is 10.9. The number of rotatable bonds is 5. The largest absolute Gasteiger partial charge is 0.496 e. The molecule has 0 atom stereocenters. The number of carbonyl (C=O) groups excluding carboxylic acids is 2. The highest BCUT2D eigenvalue weighted by Gasteiger charge is 2.12. The highest BCUT2D eigenvalue weighted by Crippen LogP contribution is 2.25. The maximum absolute atomic E-state index is 12.3. The van der Waals surface area contributed by atoms with Gasteiger partial charge in [0.05, 0.1) is 23.2 Å². The maximum Gasteiger partial charge on any atom is 0.338 e. The van der Waals surface area contributed by atoms with E-state index in [1.54, 1.807) is 63.4 Å². The van der Waals surface area contributed by atoms with Gasteiger partial charge in [-0.05, 0) is 84.5 Å². The molecule has 2 aromatic carbocycles. The summed E-state index contributed by atoms with van der Waals surface area (Å²) in [6.45, 7) is 3.58. The highest BCUT2D eigenvalue weighted by molar-refractivity contribution is 9.10. The summed E-state index contributed by atoms with van der Waals surface area (Å²) in [5.41, 5.74) is 1.50. The van der Waals surface area contributed by atoms with Crippen LogP contribution in [0.1, 0.15) is 34.6 Å². The zero-order valence-corrected chi connectivity index (χ0v) is 17.4. The van der Waals surface area contributed by atoms with Crippen molar-refractivity contribution >= 4 is 50.8 Å². The molecule has 0 aliphatic heterocycles. The standard InChI is InChI=1S/C19H19BrN2O4S/c1-11(2)26-18(24)12-4-7-14(8-5-12)21-19(27)22-17(23)13-6-9-16(25-3)15(20)10-13/h4-11H,1-3H3,(H2,21,22,23,27). The van der Waals surface area contributed by atoms with Crippen LogP contribution >= 0.6 is 28.1 Å². The average Bonchev–Trinajstić information content (AvgIpc) is 2.61. The fraction of sp³-hybridized carbons (Fsp3) is 0.211. The van der Waals surface area contributed by atoms with Gasteiger partial charge in [0, 0.05) is 11.3 Å². The molecule has 0 radical (unpaired) electrons. The Morgan fingerprint density at radius 3 is 2.26 bits per heavy atom. The van der Waals surface area contributed by atoms with Crippen LogP contribution in [0, 0.1) is 0 Å². The molecule has 6 nitrogen and oxygen atoms in total. The van der Waals surface area contributed by atoms with Crippen LogP contribution in [0.5, 0.6) is 5.75 Å². The second-order valence-electron chi connectivity index (χ2n) is 5.79. The lowest BCUT2D eigenvalue weighted by atomic mass is 10.2. The molecule has 0 saturated heterocycles. The third-order valence-electron chi connectivity index (χ3n) is 3.36. The Labute approximate surface area is 171 Å². The molecule has 2 aromatic rings. The summed E-state index contributed by atoms with van der Waals surface area (Å²) in [4.78, 5) is 24.1. The lowest BCUT2D eigenvalue weighted by Crippen LogP contribution is -2.34. The Morgan fingerprint density at radius 1 is 1.07 bits per heavy atom. The van der Waals surface area contributed by atoms with Gasteiger partial charge in [-0.1, -0.05) is 0 Å². The van der Waals surface area contributed by atoms with Crippen molar-refractivity contribution in [1.82, 2.24) is 5.32 Å². The smallest absolute Gasteiger partial charge is 0.338 e. The molecule has 0 aliphatic carbocycles. The van der Waals surface area contributed by atoms with Crippen molar-refractivity contribution in [2.75, 3.05) is 12.4 Å². The number of anilines is 1. The molecule has 0 bridgehead atoms. The van der Waals surface area contributed by atoms with Crippen molar-refractivity contribution < 1.29 is 19.1 Å². The third kappa shape index (κ3) is 6.04. The summed E-state index contributed by atoms with van der Waals surface area (Å²) >= 11 is 8.50. The summed E-state index contributed by atoms with van der Waals surface area (Å²) in [6.07, 6.45) is -0.184. The van der Waals surface area contributed by atoms with Crippen LogP contribution in [0.2, 0.25) is 0 Å². The van der Waals surface area contributed by atoms with Gasteiger partial charge < -0.3 is 14.8 Å². The van der Waals surface area contributed by atoms with E-state index in [-0.39, 0.29) is 17.1 Å². The molecule has 1 amide bonds. The van der Waals surface area contributed by atoms with Gasteiger partial charge in [-0.2, -0.15) is 0 Å². The second kappa shape index (κ2) is 9.48. The van der Waals surface area contributed by atoms with Gasteiger partial charge in [-0.3, -0.25) is 10.1 Å². The lowest BCUT2D eigenvalue weighted by molar-refractivity contribution is 0.0378. The van der Waals surface area contributed by atoms with Crippen LogP contribution < -0.4 is 15.4 Å². The number of carbonyl (C=O) groups is 2. The molecule has 0 saturated carbocycles. The van der Waals surface area contributed by atoms with Crippen LogP contribution in [0.4, 0.5) is 5.69 Å². The molecule has 142 valence electrons. The topological polar surface area (TPSA) is 76.7 Å². The Bertz CT molecular complexity index is 853. The minimum Gasteiger partial charge on any atom is -0.496 e. The zero-order chi connectivity index (χ0) is 20.0. The fourth-order valence-corrected chi connectivity index (χ4v) is 2.87. The first-order chi connectivity index (χ1) is 12.8. The van der Waals surface area contributed by atoms with Crippen LogP contribution in [-0.4, -0.2) is 30.2 Å². The Kier molecular flexibility index (Phi) is 7.32. The number of amides is 1. The molecular formula is C19H19BrN2O4S. The van der Waals surface area contributed by atoms with E-state index >= 15 is 0 Å². The first kappa shape index (κ1) is 20.9. The minimum atomic E-state index is -0.391. The molecule has 27 heavy (non-hydrogen) atoms. The lowest BCUT2D eigenvalue weighted by Gasteiger charge is -2.11. The van der Waals surface area contributed by atoms with Crippen molar-refractivity contribution in [2.45, 2.75) is 20.0 Å². The molecule has 2 rings (SSSR count). The number of hydrogen-bond acceptors (Lipinski definition) is 5. The van der Waals surface area contributed by atoms with Crippen LogP contribution in [0.25, 0.3) is 0 Å². The number of thiocarbonyl (C=S) groups is 1. The van der Waals surface area contributed by atoms with Gasteiger partial charge in [0.25, 0.3) is 5.91 Å². The van der Waals surface area contributed by atoms with E-state index in [1.807, 2.05) is 0 Å². The summed E-state index contributed by atoms with van der Waals surface area (Å²) in [6, 6.07) is 11.6. The summed E-state index contributed by atoms with van der Waals surface area (Å²) in [5.74, 6) is -0.117. The first-order valence-corrected chi connectivity index (χ1v) is 9.27. The molecule has 0 unspecified atom stereocenters. The van der Waals surface area contributed by atoms with Crippen LogP contribution in [-0.2, 0) is 4.74 Å². The normalized spacial score (nSPS) is 10.3. The number of methoxy groups -OCH3 is 1. The molecule has 8 heteroatoms. The third-order valence-corrected chi connectivity index (χ3v) is 4.19. The highest BCUT2D eigenvalue weighted by atomic mass is 79.9. The Balaban J connectivity index is 1.96. The zero-order valence-electron chi connectivity index (χ0n) is 15.0. The van der Waals surface area contributed by atoms with Crippen molar-refractivity contribution in [3.05, 3.63) is 58.1 Å². The van der Waals surface area contributed by atoms with Gasteiger partial charge in [0.15, 0.2) is 5.11 Å². The molecular weight excluding hydrogens is 432 g/mol. The molecule has 0 heterocycles. The van der Waals surface area contributed by atoms with Crippen molar-refractivity contribution in [3.63, 3.8) is 0 Å². The number of halogens is 1. The van der Waals surface area contributed by atoms with Crippen molar-refractivity contribution in [3.8, 4) is 5.75 Å². The number of hydrogen-bond donors (Lipinski definition) is 2. The van der Waals surface area contributed by atoms with Gasteiger partial charge in [-0.25, -0.2) is 4.79 Å². The minimum absolute atomic E-state index is 0.143. The molecule has 0 aliphatic rings. The van der Waals surface area contributed by atoms with E-state index in [2.05, 4.69) is 26.6 Å². The molecule has 0 fully saturated rings. The second-order valence-corrected chi connectivity index (χ2v) is 7.05. The van der Waals surface area contributed by atoms with E-state index in [0.29, 0.717) is 27.0 Å². The van der Waals surface area contributed by atoms with Gasteiger partial charge in [-0.15, -0.1) is 0 Å². The maximum atomic E-state index is 12.3. The van der Waals surface area contributed by atoms with E-state index in [0.717, 1.165) is 0 Å². The van der Waals surface area contributed by atoms with Gasteiger partial charge in [0.1, 0.15) is 5.75 Å². The monoisotopic (exact) mass is 450 g/mol. The quantitative estimate of drug-likeness (QED) is 0.526. The van der Waals surface area contributed by atoms with Gasteiger partial charge >= 0.3 is 5.97 Å². The number of ether oxygens (including phenoxy) is 2. The SMILES string of the molecule is COc1ccc(C(=O)NC(=S)Nc2ccc(C(=O)OC(C)C)cc2)cc1Br. The predicted octanol–water partition coefficient (Wildman–Crippen LogP) is 4.15. The number of nitrogens with one attached hydrogen (secondary N) is 2. The Hall–Kier alpha value is -2.45. The van der Waals surface area contributed by atoms with E-state index in [1.165, 1.54) is 0 Å². The van der Waals surface area contributed by atoms with Crippen LogP contribution in [0.15, 0.2) is 46.9 Å². The molecule has 0 aromatic heterocycles. The van der Waals surface area contributed by atoms with Crippen LogP contribution in [0.3, 0.4) is 0 Å². The molecule has 0 spiro atoms. The van der Waals surface area contributed by atoms with E-state index in [4.69, 9.17) is 21.7 Å². The first-order valence-electron chi connectivity index (χ1n) is 8.07. The van der Waals surface area contributed by atoms with E-state index in [9.17, 15) is 9.59 Å². The summed E-state index contributed by atoms with van der Waals surface area (Å²) in [5, 5.41) is 5.64. The number of esters is 1. The van der Waals surface area contributed by atoms with Crippen molar-refractivity contribution in [2.24, 2.45) is 0 Å². The predicted molar refractivity (Wildman–Crippen MR) is 111 cm³/mol.